The van der Waals surface area contributed by atoms with Gasteiger partial charge in [0.1, 0.15) is 5.82 Å². The molecular weight excluding hydrogens is 322 g/mol. The second kappa shape index (κ2) is 6.73. The van der Waals surface area contributed by atoms with Gasteiger partial charge in [0.25, 0.3) is 0 Å². The van der Waals surface area contributed by atoms with Crippen LogP contribution in [0.25, 0.3) is 0 Å². The van der Waals surface area contributed by atoms with Gasteiger partial charge in [0.15, 0.2) is 0 Å². The standard InChI is InChI=1S/C17H19N5OS/c18-9-12-5-6-19-15(8-12)23-11-13-2-1-7-22(10-13)17-20-16(21-24-17)14-3-4-14/h5-6,8,13-14H,1-4,7,10-11H2. The van der Waals surface area contributed by atoms with E-state index in [9.17, 15) is 0 Å². The third-order valence-corrected chi connectivity index (χ3v) is 5.29. The molecule has 3 heterocycles. The number of rotatable bonds is 5. The summed E-state index contributed by atoms with van der Waals surface area (Å²) in [6.07, 6.45) is 6.37. The Labute approximate surface area is 145 Å². The molecule has 0 bridgehead atoms. The minimum Gasteiger partial charge on any atom is -0.477 e. The van der Waals surface area contributed by atoms with Crippen molar-refractivity contribution in [2.24, 2.45) is 5.92 Å². The first-order valence-electron chi connectivity index (χ1n) is 8.39. The molecule has 24 heavy (non-hydrogen) atoms. The van der Waals surface area contributed by atoms with E-state index in [0.717, 1.165) is 36.9 Å². The highest BCUT2D eigenvalue weighted by atomic mass is 32.1. The van der Waals surface area contributed by atoms with E-state index in [2.05, 4.69) is 20.3 Å². The second-order valence-corrected chi connectivity index (χ2v) is 7.20. The first kappa shape index (κ1) is 15.3. The van der Waals surface area contributed by atoms with Crippen LogP contribution in [0.1, 0.15) is 43.0 Å². The zero-order valence-corrected chi connectivity index (χ0v) is 14.2. The molecule has 1 atom stereocenters. The number of nitrogens with zero attached hydrogens (tertiary/aromatic N) is 5. The summed E-state index contributed by atoms with van der Waals surface area (Å²) in [6.45, 7) is 2.60. The Morgan fingerprint density at radius 1 is 1.38 bits per heavy atom. The third-order valence-electron chi connectivity index (χ3n) is 4.49. The van der Waals surface area contributed by atoms with E-state index >= 15 is 0 Å². The lowest BCUT2D eigenvalue weighted by molar-refractivity contribution is 0.222. The van der Waals surface area contributed by atoms with Crippen molar-refractivity contribution in [3.8, 4) is 11.9 Å². The fourth-order valence-corrected chi connectivity index (χ4v) is 3.78. The smallest absolute Gasteiger partial charge is 0.214 e. The predicted octanol–water partition coefficient (Wildman–Crippen LogP) is 2.98. The maximum Gasteiger partial charge on any atom is 0.214 e. The van der Waals surface area contributed by atoms with E-state index in [1.165, 1.54) is 24.4 Å². The summed E-state index contributed by atoms with van der Waals surface area (Å²) in [5.74, 6) is 2.61. The minimum absolute atomic E-state index is 0.444. The van der Waals surface area contributed by atoms with Crippen molar-refractivity contribution in [3.63, 3.8) is 0 Å². The Morgan fingerprint density at radius 3 is 3.12 bits per heavy atom. The van der Waals surface area contributed by atoms with E-state index in [4.69, 9.17) is 15.0 Å². The average molecular weight is 341 g/mol. The van der Waals surface area contributed by atoms with E-state index < -0.39 is 0 Å². The highest BCUT2D eigenvalue weighted by Crippen LogP contribution is 2.40. The van der Waals surface area contributed by atoms with Gasteiger partial charge in [-0.3, -0.25) is 0 Å². The number of nitriles is 1. The van der Waals surface area contributed by atoms with Gasteiger partial charge in [0.2, 0.25) is 11.0 Å². The van der Waals surface area contributed by atoms with Crippen molar-refractivity contribution >= 4 is 16.7 Å². The zero-order chi connectivity index (χ0) is 16.4. The molecule has 2 aromatic heterocycles. The van der Waals surface area contributed by atoms with E-state index in [-0.39, 0.29) is 0 Å². The largest absolute Gasteiger partial charge is 0.477 e. The van der Waals surface area contributed by atoms with Gasteiger partial charge in [-0.2, -0.15) is 9.64 Å². The summed E-state index contributed by atoms with van der Waals surface area (Å²) in [6, 6.07) is 5.48. The lowest BCUT2D eigenvalue weighted by atomic mass is 9.99. The third kappa shape index (κ3) is 3.49. The number of aromatic nitrogens is 3. The van der Waals surface area contributed by atoms with Crippen LogP contribution in [0.5, 0.6) is 5.88 Å². The highest BCUT2D eigenvalue weighted by molar-refractivity contribution is 7.09. The summed E-state index contributed by atoms with van der Waals surface area (Å²) >= 11 is 1.52. The van der Waals surface area contributed by atoms with Gasteiger partial charge in [0.05, 0.1) is 18.2 Å². The predicted molar refractivity (Wildman–Crippen MR) is 91.3 cm³/mol. The van der Waals surface area contributed by atoms with Gasteiger partial charge in [-0.25, -0.2) is 9.97 Å². The molecule has 2 aromatic rings. The normalized spacial score (nSPS) is 20.6. The van der Waals surface area contributed by atoms with Crippen LogP contribution in [-0.4, -0.2) is 34.0 Å². The van der Waals surface area contributed by atoms with Crippen molar-refractivity contribution in [1.82, 2.24) is 14.3 Å². The molecule has 0 N–H and O–H groups in total. The molecular formula is C17H19N5OS. The Hall–Kier alpha value is -2.20. The number of ether oxygens (including phenoxy) is 1. The summed E-state index contributed by atoms with van der Waals surface area (Å²) < 4.78 is 10.3. The molecule has 1 aliphatic carbocycles. The number of anilines is 1. The molecule has 1 aliphatic heterocycles. The van der Waals surface area contributed by atoms with E-state index in [1.54, 1.807) is 18.3 Å². The zero-order valence-electron chi connectivity index (χ0n) is 13.4. The van der Waals surface area contributed by atoms with Crippen LogP contribution in [0.3, 0.4) is 0 Å². The Morgan fingerprint density at radius 2 is 2.29 bits per heavy atom. The van der Waals surface area contributed by atoms with Crippen LogP contribution in [0.2, 0.25) is 0 Å². The number of hydrogen-bond donors (Lipinski definition) is 0. The van der Waals surface area contributed by atoms with Crippen LogP contribution in [0, 0.1) is 17.2 Å². The lowest BCUT2D eigenvalue weighted by Crippen LogP contribution is -2.37. The number of pyridine rings is 1. The minimum atomic E-state index is 0.444. The van der Waals surface area contributed by atoms with Gasteiger partial charge in [-0.15, -0.1) is 0 Å². The van der Waals surface area contributed by atoms with Crippen LogP contribution < -0.4 is 9.64 Å². The molecule has 124 valence electrons. The van der Waals surface area contributed by atoms with Crippen LogP contribution in [0.4, 0.5) is 5.13 Å². The topological polar surface area (TPSA) is 74.9 Å². The monoisotopic (exact) mass is 341 g/mol. The summed E-state index contributed by atoms with van der Waals surface area (Å²) in [7, 11) is 0. The Kier molecular flexibility index (Phi) is 4.30. The molecule has 6 nitrogen and oxygen atoms in total. The maximum absolute atomic E-state index is 8.93. The SMILES string of the molecule is N#Cc1ccnc(OCC2CCCN(c3nc(C4CC4)ns3)C2)c1. The van der Waals surface area contributed by atoms with Gasteiger partial charge in [0, 0.05) is 48.7 Å². The summed E-state index contributed by atoms with van der Waals surface area (Å²) in [5, 5.41) is 9.98. The molecule has 0 amide bonds. The van der Waals surface area contributed by atoms with Crippen molar-refractivity contribution in [2.45, 2.75) is 31.6 Å². The second-order valence-electron chi connectivity index (χ2n) is 6.47. The quantitative estimate of drug-likeness (QED) is 0.832. The molecule has 4 rings (SSSR count). The van der Waals surface area contributed by atoms with Gasteiger partial charge >= 0.3 is 0 Å². The molecule has 1 saturated heterocycles. The average Bonchev–Trinajstić information content (AvgIpc) is 3.37. The number of piperidine rings is 1. The van der Waals surface area contributed by atoms with Gasteiger partial charge in [-0.05, 0) is 31.7 Å². The van der Waals surface area contributed by atoms with Crippen LogP contribution in [0.15, 0.2) is 18.3 Å². The first-order chi connectivity index (χ1) is 11.8. The maximum atomic E-state index is 8.93. The van der Waals surface area contributed by atoms with Crippen molar-refractivity contribution < 1.29 is 4.74 Å². The first-order valence-corrected chi connectivity index (χ1v) is 9.16. The fraction of sp³-hybridized carbons (Fsp3) is 0.529. The van der Waals surface area contributed by atoms with Crippen LogP contribution >= 0.6 is 11.5 Å². The summed E-state index contributed by atoms with van der Waals surface area (Å²) in [5.41, 5.74) is 0.576. The summed E-state index contributed by atoms with van der Waals surface area (Å²) in [4.78, 5) is 11.2. The Bertz CT molecular complexity index is 751. The Balaban J connectivity index is 1.35. The van der Waals surface area contributed by atoms with Gasteiger partial charge < -0.3 is 9.64 Å². The molecule has 0 radical (unpaired) electrons. The molecule has 0 aromatic carbocycles. The molecule has 2 aliphatic rings. The molecule has 1 saturated carbocycles. The van der Waals surface area contributed by atoms with Crippen LogP contribution in [-0.2, 0) is 0 Å². The lowest BCUT2D eigenvalue weighted by Gasteiger charge is -2.31. The van der Waals surface area contributed by atoms with Crippen molar-refractivity contribution in [1.29, 1.82) is 5.26 Å². The van der Waals surface area contributed by atoms with Crippen molar-refractivity contribution in [2.75, 3.05) is 24.6 Å². The molecule has 1 unspecified atom stereocenters. The van der Waals surface area contributed by atoms with E-state index in [1.807, 2.05) is 0 Å². The van der Waals surface area contributed by atoms with Gasteiger partial charge in [-0.1, -0.05) is 0 Å². The molecule has 2 fully saturated rings. The number of hydrogen-bond acceptors (Lipinski definition) is 7. The fourth-order valence-electron chi connectivity index (χ4n) is 3.00. The molecule has 7 heteroatoms. The molecule has 0 spiro atoms. The van der Waals surface area contributed by atoms with Crippen molar-refractivity contribution in [3.05, 3.63) is 29.7 Å². The highest BCUT2D eigenvalue weighted by Gasteiger charge is 2.29. The van der Waals surface area contributed by atoms with E-state index in [0.29, 0.717) is 29.9 Å².